The second kappa shape index (κ2) is 4.75. The van der Waals surface area contributed by atoms with Crippen molar-refractivity contribution < 1.29 is 4.79 Å². The summed E-state index contributed by atoms with van der Waals surface area (Å²) in [5.41, 5.74) is 12.0. The molecule has 0 aliphatic rings. The molecule has 1 heterocycles. The molecule has 7 heteroatoms. The summed E-state index contributed by atoms with van der Waals surface area (Å²) in [6.07, 6.45) is 1.59. The van der Waals surface area contributed by atoms with Crippen molar-refractivity contribution in [3.05, 3.63) is 46.7 Å². The Hall–Kier alpha value is -1.92. The fourth-order valence-electron chi connectivity index (χ4n) is 1.54. The van der Waals surface area contributed by atoms with E-state index >= 15 is 0 Å². The normalized spacial score (nSPS) is 10.3. The molecular weight excluding hydrogens is 272 g/mol. The van der Waals surface area contributed by atoms with Crippen molar-refractivity contribution in [1.82, 2.24) is 9.78 Å². The predicted octanol–water partition coefficient (Wildman–Crippen LogP) is 1.26. The molecular formula is C11H9ClN4OS. The topological polar surface area (TPSA) is 86.9 Å². The smallest absolute Gasteiger partial charge is 0.269 e. The SMILES string of the molecule is NC(=O)c1ccn(-c2cccc(Cl)c2C(N)=S)n1. The molecule has 0 saturated carbocycles. The highest BCUT2D eigenvalue weighted by Gasteiger charge is 2.13. The summed E-state index contributed by atoms with van der Waals surface area (Å²) < 4.78 is 1.46. The second-order valence-electron chi connectivity index (χ2n) is 3.51. The van der Waals surface area contributed by atoms with Crippen LogP contribution in [0, 0.1) is 0 Å². The van der Waals surface area contributed by atoms with Crippen LogP contribution in [-0.2, 0) is 0 Å². The van der Waals surface area contributed by atoms with Gasteiger partial charge in [0.2, 0.25) is 0 Å². The zero-order valence-corrected chi connectivity index (χ0v) is 10.7. The van der Waals surface area contributed by atoms with Gasteiger partial charge in [0.1, 0.15) is 10.7 Å². The molecule has 2 aromatic rings. The summed E-state index contributed by atoms with van der Waals surface area (Å²) in [4.78, 5) is 11.2. The van der Waals surface area contributed by atoms with Gasteiger partial charge in [-0.2, -0.15) is 5.10 Å². The highest BCUT2D eigenvalue weighted by Crippen LogP contribution is 2.22. The number of hydrogen-bond donors (Lipinski definition) is 2. The molecule has 0 aliphatic carbocycles. The highest BCUT2D eigenvalue weighted by molar-refractivity contribution is 7.80. The van der Waals surface area contributed by atoms with Crippen LogP contribution >= 0.6 is 23.8 Å². The Kier molecular flexibility index (Phi) is 3.31. The fraction of sp³-hybridized carbons (Fsp3) is 0. The van der Waals surface area contributed by atoms with Crippen LogP contribution in [0.1, 0.15) is 16.1 Å². The van der Waals surface area contributed by atoms with Crippen LogP contribution in [0.2, 0.25) is 5.02 Å². The molecule has 0 atom stereocenters. The number of primary amides is 1. The Bertz CT molecular complexity index is 638. The average Bonchev–Trinajstić information content (AvgIpc) is 2.77. The van der Waals surface area contributed by atoms with E-state index in [1.54, 1.807) is 24.4 Å². The van der Waals surface area contributed by atoms with Crippen LogP contribution in [0.3, 0.4) is 0 Å². The van der Waals surface area contributed by atoms with Gasteiger partial charge in [0.05, 0.1) is 16.3 Å². The Labute approximate surface area is 113 Å². The van der Waals surface area contributed by atoms with Gasteiger partial charge < -0.3 is 11.5 Å². The van der Waals surface area contributed by atoms with E-state index in [1.807, 2.05) is 0 Å². The summed E-state index contributed by atoms with van der Waals surface area (Å²) in [6.45, 7) is 0. The van der Waals surface area contributed by atoms with Crippen molar-refractivity contribution in [1.29, 1.82) is 0 Å². The van der Waals surface area contributed by atoms with Gasteiger partial charge >= 0.3 is 0 Å². The summed E-state index contributed by atoms with van der Waals surface area (Å²) >= 11 is 11.0. The first-order valence-electron chi connectivity index (χ1n) is 4.95. The number of nitrogens with two attached hydrogens (primary N) is 2. The number of carbonyl (C=O) groups excluding carboxylic acids is 1. The Morgan fingerprint density at radius 3 is 2.61 bits per heavy atom. The number of thiocarbonyl (C=S) groups is 1. The number of amides is 1. The van der Waals surface area contributed by atoms with Gasteiger partial charge in [0, 0.05) is 6.20 Å². The Morgan fingerprint density at radius 1 is 1.33 bits per heavy atom. The molecule has 0 bridgehead atoms. The van der Waals surface area contributed by atoms with Crippen LogP contribution < -0.4 is 11.5 Å². The monoisotopic (exact) mass is 280 g/mol. The van der Waals surface area contributed by atoms with Gasteiger partial charge in [-0.3, -0.25) is 4.79 Å². The molecule has 0 fully saturated rings. The van der Waals surface area contributed by atoms with E-state index < -0.39 is 5.91 Å². The molecule has 92 valence electrons. The molecule has 0 aliphatic heterocycles. The molecule has 0 unspecified atom stereocenters. The number of carbonyl (C=O) groups is 1. The molecule has 1 amide bonds. The van der Waals surface area contributed by atoms with E-state index in [9.17, 15) is 4.79 Å². The minimum absolute atomic E-state index is 0.156. The fourth-order valence-corrected chi connectivity index (χ4v) is 2.08. The standard InChI is InChI=1S/C11H9ClN4OS/c12-6-2-1-3-8(9(6)11(14)18)16-5-4-7(15-16)10(13)17/h1-5H,(H2,13,17)(H2,14,18). The lowest BCUT2D eigenvalue weighted by Gasteiger charge is -2.09. The molecule has 1 aromatic heterocycles. The third-order valence-corrected chi connectivity index (χ3v) is 2.85. The average molecular weight is 281 g/mol. The summed E-state index contributed by atoms with van der Waals surface area (Å²) in [5, 5.41) is 4.46. The van der Waals surface area contributed by atoms with E-state index in [-0.39, 0.29) is 10.7 Å². The van der Waals surface area contributed by atoms with Crippen molar-refractivity contribution in [3.8, 4) is 5.69 Å². The molecule has 5 nitrogen and oxygen atoms in total. The molecule has 2 rings (SSSR count). The van der Waals surface area contributed by atoms with Crippen LogP contribution in [0.25, 0.3) is 5.69 Å². The van der Waals surface area contributed by atoms with E-state index in [1.165, 1.54) is 10.7 Å². The van der Waals surface area contributed by atoms with Crippen LogP contribution in [0.15, 0.2) is 30.5 Å². The summed E-state index contributed by atoms with van der Waals surface area (Å²) in [6, 6.07) is 6.67. The number of benzene rings is 1. The van der Waals surface area contributed by atoms with Gasteiger partial charge in [-0.05, 0) is 18.2 Å². The second-order valence-corrected chi connectivity index (χ2v) is 4.36. The first-order valence-corrected chi connectivity index (χ1v) is 5.73. The van der Waals surface area contributed by atoms with E-state index in [0.29, 0.717) is 16.3 Å². The van der Waals surface area contributed by atoms with Crippen LogP contribution in [0.4, 0.5) is 0 Å². The summed E-state index contributed by atoms with van der Waals surface area (Å²) in [5.74, 6) is -0.604. The van der Waals surface area contributed by atoms with Crippen molar-refractivity contribution in [2.75, 3.05) is 0 Å². The largest absolute Gasteiger partial charge is 0.389 e. The third-order valence-electron chi connectivity index (χ3n) is 2.33. The zero-order valence-electron chi connectivity index (χ0n) is 9.13. The number of halogens is 1. The minimum Gasteiger partial charge on any atom is -0.389 e. The maximum Gasteiger partial charge on any atom is 0.269 e. The van der Waals surface area contributed by atoms with Gasteiger partial charge in [-0.25, -0.2) is 4.68 Å². The number of rotatable bonds is 3. The van der Waals surface area contributed by atoms with Gasteiger partial charge in [0.15, 0.2) is 0 Å². The van der Waals surface area contributed by atoms with Gasteiger partial charge in [-0.1, -0.05) is 29.9 Å². The predicted molar refractivity (Wildman–Crippen MR) is 73.0 cm³/mol. The lowest BCUT2D eigenvalue weighted by Crippen LogP contribution is -2.15. The molecule has 0 saturated heterocycles. The Balaban J connectivity index is 2.59. The van der Waals surface area contributed by atoms with E-state index in [4.69, 9.17) is 35.3 Å². The minimum atomic E-state index is -0.604. The number of aromatic nitrogens is 2. The van der Waals surface area contributed by atoms with E-state index in [2.05, 4.69) is 5.10 Å². The maximum absolute atomic E-state index is 11.0. The van der Waals surface area contributed by atoms with Crippen molar-refractivity contribution >= 4 is 34.7 Å². The molecule has 1 aromatic carbocycles. The lowest BCUT2D eigenvalue weighted by molar-refractivity contribution is 0.0995. The summed E-state index contributed by atoms with van der Waals surface area (Å²) in [7, 11) is 0. The van der Waals surface area contributed by atoms with Gasteiger partial charge in [-0.15, -0.1) is 0 Å². The first kappa shape index (κ1) is 12.5. The zero-order chi connectivity index (χ0) is 13.3. The molecule has 18 heavy (non-hydrogen) atoms. The van der Waals surface area contributed by atoms with Gasteiger partial charge in [0.25, 0.3) is 5.91 Å². The number of hydrogen-bond acceptors (Lipinski definition) is 3. The highest BCUT2D eigenvalue weighted by atomic mass is 35.5. The molecule has 0 radical (unpaired) electrons. The first-order chi connectivity index (χ1) is 8.50. The number of nitrogens with zero attached hydrogens (tertiary/aromatic N) is 2. The molecule has 0 spiro atoms. The van der Waals surface area contributed by atoms with Crippen LogP contribution in [-0.4, -0.2) is 20.7 Å². The quantitative estimate of drug-likeness (QED) is 0.829. The van der Waals surface area contributed by atoms with Crippen molar-refractivity contribution in [2.45, 2.75) is 0 Å². The molecule has 4 N–H and O–H groups in total. The van der Waals surface area contributed by atoms with E-state index in [0.717, 1.165) is 0 Å². The van der Waals surface area contributed by atoms with Crippen molar-refractivity contribution in [2.24, 2.45) is 11.5 Å². The van der Waals surface area contributed by atoms with Crippen LogP contribution in [0.5, 0.6) is 0 Å². The Morgan fingerprint density at radius 2 is 2.06 bits per heavy atom. The lowest BCUT2D eigenvalue weighted by atomic mass is 10.2. The van der Waals surface area contributed by atoms with Crippen molar-refractivity contribution in [3.63, 3.8) is 0 Å². The maximum atomic E-state index is 11.0. The third kappa shape index (κ3) is 2.20.